The Bertz CT molecular complexity index is 943. The van der Waals surface area contributed by atoms with Crippen molar-refractivity contribution in [3.63, 3.8) is 0 Å². The first-order chi connectivity index (χ1) is 14.2. The summed E-state index contributed by atoms with van der Waals surface area (Å²) in [5.41, 5.74) is 0.516. The molecule has 7 nitrogen and oxygen atoms in total. The third-order valence-corrected chi connectivity index (χ3v) is 5.23. The summed E-state index contributed by atoms with van der Waals surface area (Å²) >= 11 is 3.39. The van der Waals surface area contributed by atoms with Gasteiger partial charge in [0.25, 0.3) is 5.91 Å². The lowest BCUT2D eigenvalue weighted by atomic mass is 10.0. The number of halogens is 1. The Morgan fingerprint density at radius 3 is 2.41 bits per heavy atom. The van der Waals surface area contributed by atoms with Gasteiger partial charge in [0.05, 0.1) is 5.56 Å². The maximum atomic E-state index is 12.5. The first kappa shape index (κ1) is 19.3. The van der Waals surface area contributed by atoms with Gasteiger partial charge in [-0.1, -0.05) is 15.9 Å². The van der Waals surface area contributed by atoms with E-state index in [4.69, 9.17) is 4.74 Å². The van der Waals surface area contributed by atoms with Crippen LogP contribution >= 0.6 is 15.9 Å². The van der Waals surface area contributed by atoms with Crippen molar-refractivity contribution >= 4 is 27.8 Å². The number of rotatable bonds is 5. The minimum Gasteiger partial charge on any atom is -0.439 e. The highest BCUT2D eigenvalue weighted by molar-refractivity contribution is 9.10. The monoisotopic (exact) mass is 453 g/mol. The van der Waals surface area contributed by atoms with Crippen molar-refractivity contribution in [1.29, 1.82) is 0 Å². The van der Waals surface area contributed by atoms with Crippen LogP contribution in [0.1, 0.15) is 23.2 Å². The minimum atomic E-state index is -0.123. The number of ether oxygens (including phenoxy) is 1. The second-order valence-electron chi connectivity index (χ2n) is 6.72. The number of carbonyl (C=O) groups excluding carboxylic acids is 1. The fourth-order valence-corrected chi connectivity index (χ4v) is 3.41. The summed E-state index contributed by atoms with van der Waals surface area (Å²) in [5, 5.41) is 3.09. The SMILES string of the molecule is O=C(NC1CCN(c2ncccn2)CC1)c1ccc(Oc2ccc(Br)cc2)nc1. The summed E-state index contributed by atoms with van der Waals surface area (Å²) < 4.78 is 6.67. The Morgan fingerprint density at radius 2 is 1.76 bits per heavy atom. The normalized spacial score (nSPS) is 14.4. The number of carbonyl (C=O) groups is 1. The Morgan fingerprint density at radius 1 is 1.03 bits per heavy atom. The average molecular weight is 454 g/mol. The smallest absolute Gasteiger partial charge is 0.253 e. The molecule has 8 heteroatoms. The topological polar surface area (TPSA) is 80.2 Å². The zero-order valence-corrected chi connectivity index (χ0v) is 17.2. The number of anilines is 1. The van der Waals surface area contributed by atoms with Gasteiger partial charge in [-0.2, -0.15) is 0 Å². The van der Waals surface area contributed by atoms with E-state index in [0.29, 0.717) is 17.2 Å². The molecule has 29 heavy (non-hydrogen) atoms. The zero-order chi connectivity index (χ0) is 20.1. The van der Waals surface area contributed by atoms with E-state index < -0.39 is 0 Å². The van der Waals surface area contributed by atoms with Crippen molar-refractivity contribution in [3.8, 4) is 11.6 Å². The van der Waals surface area contributed by atoms with E-state index >= 15 is 0 Å². The largest absolute Gasteiger partial charge is 0.439 e. The Kier molecular flexibility index (Phi) is 6.00. The molecule has 1 aliphatic rings. The van der Waals surface area contributed by atoms with Crippen LogP contribution in [-0.4, -0.2) is 40.0 Å². The van der Waals surface area contributed by atoms with Crippen LogP contribution < -0.4 is 15.0 Å². The number of hydrogen-bond donors (Lipinski definition) is 1. The molecular formula is C21H20BrN5O2. The summed E-state index contributed by atoms with van der Waals surface area (Å²) in [6.45, 7) is 1.63. The summed E-state index contributed by atoms with van der Waals surface area (Å²) in [6, 6.07) is 12.8. The third-order valence-electron chi connectivity index (χ3n) is 4.70. The van der Waals surface area contributed by atoms with Crippen molar-refractivity contribution in [2.45, 2.75) is 18.9 Å². The van der Waals surface area contributed by atoms with Crippen molar-refractivity contribution in [1.82, 2.24) is 20.3 Å². The standard InChI is InChI=1S/C21H20BrN5O2/c22-16-3-5-18(6-4-16)29-19-7-2-15(14-25-19)20(28)26-17-8-12-27(13-9-17)21-23-10-1-11-24-21/h1-7,10-11,14,17H,8-9,12-13H2,(H,26,28). The number of benzene rings is 1. The molecule has 1 fully saturated rings. The quantitative estimate of drug-likeness (QED) is 0.632. The average Bonchev–Trinajstić information content (AvgIpc) is 2.77. The van der Waals surface area contributed by atoms with Gasteiger partial charge in [-0.05, 0) is 49.2 Å². The number of hydrogen-bond acceptors (Lipinski definition) is 6. The summed E-state index contributed by atoms with van der Waals surface area (Å²) in [6.07, 6.45) is 6.72. The highest BCUT2D eigenvalue weighted by Gasteiger charge is 2.22. The molecule has 3 heterocycles. The van der Waals surface area contributed by atoms with Crippen LogP contribution in [0.3, 0.4) is 0 Å². The fraction of sp³-hybridized carbons (Fsp3) is 0.238. The van der Waals surface area contributed by atoms with Gasteiger partial charge in [-0.25, -0.2) is 15.0 Å². The van der Waals surface area contributed by atoms with E-state index in [2.05, 4.69) is 41.1 Å². The number of pyridine rings is 1. The number of nitrogens with zero attached hydrogens (tertiary/aromatic N) is 4. The zero-order valence-electron chi connectivity index (χ0n) is 15.7. The van der Waals surface area contributed by atoms with Crippen molar-refractivity contribution in [2.75, 3.05) is 18.0 Å². The summed E-state index contributed by atoms with van der Waals surface area (Å²) in [7, 11) is 0. The lowest BCUT2D eigenvalue weighted by Gasteiger charge is -2.32. The van der Waals surface area contributed by atoms with Gasteiger partial charge >= 0.3 is 0 Å². The minimum absolute atomic E-state index is 0.123. The first-order valence-electron chi connectivity index (χ1n) is 9.40. The highest BCUT2D eigenvalue weighted by Crippen LogP contribution is 2.22. The molecule has 0 atom stereocenters. The van der Waals surface area contributed by atoms with Gasteiger partial charge < -0.3 is 15.0 Å². The second-order valence-corrected chi connectivity index (χ2v) is 7.64. The first-order valence-corrected chi connectivity index (χ1v) is 10.2. The molecule has 1 amide bonds. The summed E-state index contributed by atoms with van der Waals surface area (Å²) in [5.74, 6) is 1.75. The molecule has 3 aromatic rings. The van der Waals surface area contributed by atoms with Crippen LogP contribution in [0.4, 0.5) is 5.95 Å². The molecule has 2 aromatic heterocycles. The number of piperidine rings is 1. The molecular weight excluding hydrogens is 434 g/mol. The maximum absolute atomic E-state index is 12.5. The van der Waals surface area contributed by atoms with Gasteiger partial charge in [-0.15, -0.1) is 0 Å². The van der Waals surface area contributed by atoms with E-state index in [-0.39, 0.29) is 11.9 Å². The van der Waals surface area contributed by atoms with Crippen LogP contribution in [0.15, 0.2) is 65.5 Å². The van der Waals surface area contributed by atoms with Gasteiger partial charge in [0.2, 0.25) is 11.8 Å². The molecule has 148 valence electrons. The predicted octanol–water partition coefficient (Wildman–Crippen LogP) is 3.83. The van der Waals surface area contributed by atoms with Crippen molar-refractivity contribution in [2.24, 2.45) is 0 Å². The highest BCUT2D eigenvalue weighted by atomic mass is 79.9. The molecule has 1 aliphatic heterocycles. The lowest BCUT2D eigenvalue weighted by molar-refractivity contribution is 0.0930. The fourth-order valence-electron chi connectivity index (χ4n) is 3.15. The van der Waals surface area contributed by atoms with Crippen LogP contribution in [0.2, 0.25) is 0 Å². The van der Waals surface area contributed by atoms with Crippen LogP contribution in [0.5, 0.6) is 11.6 Å². The summed E-state index contributed by atoms with van der Waals surface area (Å²) in [4.78, 5) is 27.5. The van der Waals surface area contributed by atoms with Gasteiger partial charge in [-0.3, -0.25) is 4.79 Å². The van der Waals surface area contributed by atoms with Crippen LogP contribution in [0, 0.1) is 0 Å². The van der Waals surface area contributed by atoms with Gasteiger partial charge in [0.1, 0.15) is 5.75 Å². The molecule has 0 radical (unpaired) electrons. The Hall–Kier alpha value is -3.00. The molecule has 0 spiro atoms. The van der Waals surface area contributed by atoms with E-state index in [1.807, 2.05) is 24.3 Å². The molecule has 0 unspecified atom stereocenters. The molecule has 1 N–H and O–H groups in total. The van der Waals surface area contributed by atoms with Crippen LogP contribution in [-0.2, 0) is 0 Å². The number of amides is 1. The van der Waals surface area contributed by atoms with Crippen LogP contribution in [0.25, 0.3) is 0 Å². The predicted molar refractivity (Wildman–Crippen MR) is 113 cm³/mol. The molecule has 1 aromatic carbocycles. The maximum Gasteiger partial charge on any atom is 0.253 e. The number of aromatic nitrogens is 3. The molecule has 4 rings (SSSR count). The van der Waals surface area contributed by atoms with E-state index in [9.17, 15) is 4.79 Å². The molecule has 0 bridgehead atoms. The molecule has 0 aliphatic carbocycles. The van der Waals surface area contributed by atoms with Gasteiger partial charge in [0, 0.05) is 48.3 Å². The molecule has 0 saturated carbocycles. The van der Waals surface area contributed by atoms with Crippen molar-refractivity contribution in [3.05, 3.63) is 71.1 Å². The Balaban J connectivity index is 1.29. The lowest BCUT2D eigenvalue weighted by Crippen LogP contribution is -2.45. The van der Waals surface area contributed by atoms with E-state index in [1.165, 1.54) is 6.20 Å². The van der Waals surface area contributed by atoms with Crippen molar-refractivity contribution < 1.29 is 9.53 Å². The van der Waals surface area contributed by atoms with E-state index in [0.717, 1.165) is 36.4 Å². The Labute approximate surface area is 177 Å². The third kappa shape index (κ3) is 5.08. The van der Waals surface area contributed by atoms with E-state index in [1.54, 1.807) is 30.6 Å². The second kappa shape index (κ2) is 9.00. The van der Waals surface area contributed by atoms with Gasteiger partial charge in [0.15, 0.2) is 0 Å². The molecule has 1 saturated heterocycles. The number of nitrogens with one attached hydrogen (secondary N) is 1.